The van der Waals surface area contributed by atoms with Gasteiger partial charge in [-0.25, -0.2) is 4.21 Å². The molecule has 0 aromatic heterocycles. The summed E-state index contributed by atoms with van der Waals surface area (Å²) >= 11 is -2.27. The Hall–Kier alpha value is -2.39. The Labute approximate surface area is 173 Å². The van der Waals surface area contributed by atoms with E-state index < -0.39 is 35.3 Å². The van der Waals surface area contributed by atoms with Crippen molar-refractivity contribution in [2.45, 2.75) is 44.8 Å². The predicted octanol–water partition coefficient (Wildman–Crippen LogP) is 2.46. The number of allylic oxidation sites excluding steroid dienone is 4. The normalized spacial score (nSPS) is 26.8. The molecule has 2 fully saturated rings. The van der Waals surface area contributed by atoms with Gasteiger partial charge < -0.3 is 14.7 Å². The molecule has 2 unspecified atom stereocenters. The number of carbonyl (C=O) groups excluding carboxylic acids is 1. The number of hydrogen-bond donors (Lipinski definition) is 2. The van der Waals surface area contributed by atoms with Gasteiger partial charge in [-0.05, 0) is 38.3 Å². The van der Waals surface area contributed by atoms with E-state index >= 15 is 0 Å². The van der Waals surface area contributed by atoms with Crippen LogP contribution in [0.2, 0.25) is 0 Å². The Morgan fingerprint density at radius 3 is 2.38 bits per heavy atom. The lowest BCUT2D eigenvalue weighted by molar-refractivity contribution is -0.145. The number of nitrogens with zero attached hydrogens (tertiary/aromatic N) is 2. The second-order valence-electron chi connectivity index (χ2n) is 7.04. The first kappa shape index (κ1) is 22.9. The zero-order chi connectivity index (χ0) is 21.6. The van der Waals surface area contributed by atoms with Gasteiger partial charge in [0, 0.05) is 19.5 Å². The SMILES string of the molecule is C=C/C=C1/OC(CCC(=O)N2CCC(C(=O)O)CC2)[C@@H](C)N(S(=O)O)/C1=C/C=C. The van der Waals surface area contributed by atoms with E-state index in [2.05, 4.69) is 13.2 Å². The number of carboxylic acids is 1. The molecule has 2 rings (SSSR count). The first-order chi connectivity index (χ1) is 13.8. The molecular formula is C20H28N2O6S. The molecule has 0 spiro atoms. The number of hydrogen-bond acceptors (Lipinski definition) is 4. The first-order valence-corrected chi connectivity index (χ1v) is 10.6. The highest BCUT2D eigenvalue weighted by atomic mass is 32.2. The van der Waals surface area contributed by atoms with Gasteiger partial charge in [-0.1, -0.05) is 25.3 Å². The molecule has 160 valence electrons. The summed E-state index contributed by atoms with van der Waals surface area (Å²) in [5, 5.41) is 9.07. The van der Waals surface area contributed by atoms with Crippen LogP contribution in [0.1, 0.15) is 32.6 Å². The molecule has 2 saturated heterocycles. The number of carbonyl (C=O) groups is 2. The lowest BCUT2D eigenvalue weighted by Crippen LogP contribution is -2.48. The van der Waals surface area contributed by atoms with E-state index in [4.69, 9.17) is 9.84 Å². The van der Waals surface area contributed by atoms with Crippen LogP contribution in [-0.2, 0) is 25.6 Å². The second kappa shape index (κ2) is 10.4. The fourth-order valence-corrected chi connectivity index (χ4v) is 4.37. The minimum Gasteiger partial charge on any atom is -0.486 e. The lowest BCUT2D eigenvalue weighted by atomic mass is 9.96. The molecule has 0 aliphatic carbocycles. The van der Waals surface area contributed by atoms with Gasteiger partial charge in [-0.2, -0.15) is 0 Å². The van der Waals surface area contributed by atoms with Crippen LogP contribution >= 0.6 is 0 Å². The second-order valence-corrected chi connectivity index (χ2v) is 7.89. The summed E-state index contributed by atoms with van der Waals surface area (Å²) in [6.45, 7) is 9.91. The van der Waals surface area contributed by atoms with Crippen LogP contribution in [0.4, 0.5) is 0 Å². The van der Waals surface area contributed by atoms with Crippen molar-refractivity contribution in [2.24, 2.45) is 5.92 Å². The Balaban J connectivity index is 2.05. The van der Waals surface area contributed by atoms with E-state index in [0.29, 0.717) is 43.8 Å². The zero-order valence-corrected chi connectivity index (χ0v) is 17.3. The molecule has 0 radical (unpaired) electrons. The number of aliphatic carboxylic acids is 1. The summed E-state index contributed by atoms with van der Waals surface area (Å²) in [7, 11) is 0. The number of morpholine rings is 1. The average Bonchev–Trinajstić information content (AvgIpc) is 2.68. The highest BCUT2D eigenvalue weighted by Crippen LogP contribution is 2.33. The van der Waals surface area contributed by atoms with Crippen LogP contribution in [0.3, 0.4) is 0 Å². The molecule has 3 atom stereocenters. The van der Waals surface area contributed by atoms with Gasteiger partial charge in [0.15, 0.2) is 0 Å². The van der Waals surface area contributed by atoms with Crippen molar-refractivity contribution in [2.75, 3.05) is 13.1 Å². The monoisotopic (exact) mass is 424 g/mol. The summed E-state index contributed by atoms with van der Waals surface area (Å²) in [6, 6.07) is -0.445. The molecule has 0 aromatic rings. The summed E-state index contributed by atoms with van der Waals surface area (Å²) in [6.07, 6.45) is 7.23. The van der Waals surface area contributed by atoms with Crippen LogP contribution < -0.4 is 0 Å². The first-order valence-electron chi connectivity index (χ1n) is 9.53. The van der Waals surface area contributed by atoms with Crippen molar-refractivity contribution in [1.82, 2.24) is 9.21 Å². The summed E-state index contributed by atoms with van der Waals surface area (Å²) in [4.78, 5) is 25.3. The Morgan fingerprint density at radius 1 is 1.24 bits per heavy atom. The summed E-state index contributed by atoms with van der Waals surface area (Å²) in [5.74, 6) is -0.887. The van der Waals surface area contributed by atoms with Crippen LogP contribution in [0.15, 0.2) is 48.9 Å². The summed E-state index contributed by atoms with van der Waals surface area (Å²) in [5.41, 5.74) is 0.423. The van der Waals surface area contributed by atoms with Gasteiger partial charge in [-0.3, -0.25) is 18.4 Å². The molecule has 0 aromatic carbocycles. The minimum atomic E-state index is -2.27. The van der Waals surface area contributed by atoms with Crippen LogP contribution in [0.25, 0.3) is 0 Å². The van der Waals surface area contributed by atoms with Crippen LogP contribution in [-0.4, -0.2) is 60.2 Å². The Bertz CT molecular complexity index is 739. The van der Waals surface area contributed by atoms with Crippen LogP contribution in [0, 0.1) is 5.92 Å². The fourth-order valence-electron chi connectivity index (χ4n) is 3.63. The number of piperidine rings is 1. The van der Waals surface area contributed by atoms with Crippen molar-refractivity contribution >= 4 is 23.1 Å². The van der Waals surface area contributed by atoms with Gasteiger partial charge in [0.05, 0.1) is 17.7 Å². The molecule has 9 heteroatoms. The number of ether oxygens (including phenoxy) is 1. The number of amides is 1. The maximum atomic E-state index is 12.6. The quantitative estimate of drug-likeness (QED) is 0.608. The van der Waals surface area contributed by atoms with Gasteiger partial charge in [-0.15, -0.1) is 0 Å². The molecule has 2 aliphatic rings. The Kier molecular flexibility index (Phi) is 8.21. The van der Waals surface area contributed by atoms with Gasteiger partial charge in [0.25, 0.3) is 11.3 Å². The van der Waals surface area contributed by atoms with Crippen molar-refractivity contribution in [3.63, 3.8) is 0 Å². The third-order valence-electron chi connectivity index (χ3n) is 5.23. The van der Waals surface area contributed by atoms with E-state index in [1.807, 2.05) is 0 Å². The van der Waals surface area contributed by atoms with Gasteiger partial charge in [0.2, 0.25) is 5.91 Å². The zero-order valence-electron chi connectivity index (χ0n) is 16.5. The maximum absolute atomic E-state index is 12.6. The largest absolute Gasteiger partial charge is 0.486 e. The van der Waals surface area contributed by atoms with E-state index in [-0.39, 0.29) is 12.3 Å². The van der Waals surface area contributed by atoms with E-state index in [9.17, 15) is 18.4 Å². The molecule has 29 heavy (non-hydrogen) atoms. The van der Waals surface area contributed by atoms with Crippen molar-refractivity contribution in [3.05, 3.63) is 48.9 Å². The van der Waals surface area contributed by atoms with Crippen molar-refractivity contribution in [1.29, 1.82) is 0 Å². The molecule has 2 heterocycles. The highest BCUT2D eigenvalue weighted by Gasteiger charge is 2.38. The van der Waals surface area contributed by atoms with E-state index in [0.717, 1.165) is 0 Å². The van der Waals surface area contributed by atoms with Gasteiger partial charge >= 0.3 is 5.97 Å². The Morgan fingerprint density at radius 2 is 1.86 bits per heavy atom. The van der Waals surface area contributed by atoms with E-state index in [1.165, 1.54) is 16.5 Å². The molecule has 2 aliphatic heterocycles. The van der Waals surface area contributed by atoms with Gasteiger partial charge in [0.1, 0.15) is 11.9 Å². The third kappa shape index (κ3) is 5.57. The molecule has 0 bridgehead atoms. The standard InChI is InChI=1S/C20H28N2O6S/c1-4-6-16-18(7-5-2)28-17(14(3)22(16)29(26)27)8-9-19(23)21-12-10-15(11-13-21)20(24)25/h4-7,14-15,17H,1-2,8-13H2,3H3,(H,24,25)(H,26,27)/b16-6+,18-7+/t14-,17?/m1/s1. The summed E-state index contributed by atoms with van der Waals surface area (Å²) < 4.78 is 29.1. The molecule has 0 saturated carbocycles. The molecule has 8 nitrogen and oxygen atoms in total. The molecular weight excluding hydrogens is 396 g/mol. The lowest BCUT2D eigenvalue weighted by Gasteiger charge is -2.41. The third-order valence-corrected chi connectivity index (χ3v) is 6.09. The van der Waals surface area contributed by atoms with Crippen LogP contribution in [0.5, 0.6) is 0 Å². The highest BCUT2D eigenvalue weighted by molar-refractivity contribution is 7.76. The molecule has 2 N–H and O–H groups in total. The smallest absolute Gasteiger partial charge is 0.306 e. The minimum absolute atomic E-state index is 0.0667. The number of rotatable bonds is 7. The van der Waals surface area contributed by atoms with Crippen molar-refractivity contribution < 1.29 is 28.2 Å². The fraction of sp³-hybridized carbons (Fsp3) is 0.500. The predicted molar refractivity (Wildman–Crippen MR) is 110 cm³/mol. The molecule has 1 amide bonds. The number of likely N-dealkylation sites (tertiary alicyclic amines) is 1. The maximum Gasteiger partial charge on any atom is 0.306 e. The number of carboxylic acid groups (broad SMARTS) is 1. The topological polar surface area (TPSA) is 107 Å². The van der Waals surface area contributed by atoms with E-state index in [1.54, 1.807) is 24.0 Å². The average molecular weight is 425 g/mol. The van der Waals surface area contributed by atoms with Crippen molar-refractivity contribution in [3.8, 4) is 0 Å².